The van der Waals surface area contributed by atoms with Crippen LogP contribution in [0.2, 0.25) is 0 Å². The third kappa shape index (κ3) is 2.69. The largest absolute Gasteiger partial charge is 0.466 e. The number of hydrogen-bond acceptors (Lipinski definition) is 2. The Hall–Kier alpha value is -1.29. The average Bonchev–Trinajstić information content (AvgIpc) is 2.72. The molecule has 3 nitrogen and oxygen atoms in total. The summed E-state index contributed by atoms with van der Waals surface area (Å²) >= 11 is 3.51. The number of fused-ring (bicyclic) bond motifs is 1. The van der Waals surface area contributed by atoms with E-state index >= 15 is 0 Å². The summed E-state index contributed by atoms with van der Waals surface area (Å²) in [5.74, 6) is -0.149. The van der Waals surface area contributed by atoms with E-state index in [1.54, 1.807) is 0 Å². The molecule has 0 saturated heterocycles. The van der Waals surface area contributed by atoms with Gasteiger partial charge >= 0.3 is 5.97 Å². The molecule has 0 fully saturated rings. The van der Waals surface area contributed by atoms with Crippen molar-refractivity contribution in [3.05, 3.63) is 34.9 Å². The Balaban J connectivity index is 2.14. The first kappa shape index (κ1) is 12.2. The molecule has 0 unspecified atom stereocenters. The lowest BCUT2D eigenvalue weighted by Crippen LogP contribution is -2.08. The van der Waals surface area contributed by atoms with E-state index in [9.17, 15) is 4.79 Å². The number of carbonyl (C=O) groups excluding carboxylic acids is 1. The van der Waals surface area contributed by atoms with Crippen molar-refractivity contribution in [3.63, 3.8) is 0 Å². The maximum Gasteiger partial charge on any atom is 0.307 e. The van der Waals surface area contributed by atoms with E-state index in [0.29, 0.717) is 19.6 Å². The Labute approximate surface area is 108 Å². The number of aromatic nitrogens is 1. The molecule has 0 bridgehead atoms. The van der Waals surface area contributed by atoms with Crippen molar-refractivity contribution >= 4 is 32.8 Å². The van der Waals surface area contributed by atoms with Crippen LogP contribution in [0.1, 0.15) is 13.3 Å². The molecule has 2 rings (SSSR count). The van der Waals surface area contributed by atoms with E-state index < -0.39 is 0 Å². The number of ether oxygens (including phenoxy) is 1. The predicted molar refractivity (Wildman–Crippen MR) is 70.9 cm³/mol. The zero-order chi connectivity index (χ0) is 12.3. The summed E-state index contributed by atoms with van der Waals surface area (Å²) in [6.07, 6.45) is 2.40. The number of nitrogens with zero attached hydrogens (tertiary/aromatic N) is 1. The monoisotopic (exact) mass is 295 g/mol. The Bertz CT molecular complexity index is 533. The molecule has 0 aliphatic heterocycles. The molecule has 17 heavy (non-hydrogen) atoms. The molecule has 0 amide bonds. The maximum atomic E-state index is 11.3. The van der Waals surface area contributed by atoms with Gasteiger partial charge < -0.3 is 9.30 Å². The first-order chi connectivity index (χ1) is 8.22. The molecule has 0 spiro atoms. The van der Waals surface area contributed by atoms with Crippen LogP contribution < -0.4 is 0 Å². The van der Waals surface area contributed by atoms with Crippen LogP contribution in [0.5, 0.6) is 0 Å². The molecule has 0 atom stereocenters. The van der Waals surface area contributed by atoms with E-state index in [0.717, 1.165) is 15.4 Å². The Morgan fingerprint density at radius 3 is 3.00 bits per heavy atom. The quantitative estimate of drug-likeness (QED) is 0.810. The van der Waals surface area contributed by atoms with E-state index in [1.807, 2.05) is 37.4 Å². The number of carbonyl (C=O) groups is 1. The zero-order valence-corrected chi connectivity index (χ0v) is 11.2. The van der Waals surface area contributed by atoms with Gasteiger partial charge in [0.05, 0.1) is 13.0 Å². The Kier molecular flexibility index (Phi) is 3.84. The number of aryl methyl sites for hydroxylation is 1. The lowest BCUT2D eigenvalue weighted by Gasteiger charge is -2.05. The highest BCUT2D eigenvalue weighted by molar-refractivity contribution is 9.10. The number of rotatable bonds is 4. The smallest absolute Gasteiger partial charge is 0.307 e. The van der Waals surface area contributed by atoms with Gasteiger partial charge in [-0.25, -0.2) is 0 Å². The predicted octanol–water partition coefficient (Wildman–Crippen LogP) is 3.36. The van der Waals surface area contributed by atoms with Crippen LogP contribution in [0, 0.1) is 0 Å². The third-order valence-electron chi connectivity index (χ3n) is 2.62. The Morgan fingerprint density at radius 1 is 1.41 bits per heavy atom. The van der Waals surface area contributed by atoms with Crippen molar-refractivity contribution in [2.75, 3.05) is 6.61 Å². The van der Waals surface area contributed by atoms with Gasteiger partial charge in [-0.15, -0.1) is 0 Å². The van der Waals surface area contributed by atoms with Crippen LogP contribution in [-0.2, 0) is 16.1 Å². The van der Waals surface area contributed by atoms with Crippen molar-refractivity contribution in [1.29, 1.82) is 0 Å². The fourth-order valence-corrected chi connectivity index (χ4v) is 2.31. The molecule has 0 saturated carbocycles. The molecule has 1 heterocycles. The highest BCUT2D eigenvalue weighted by Gasteiger charge is 2.06. The highest BCUT2D eigenvalue weighted by Crippen LogP contribution is 2.24. The van der Waals surface area contributed by atoms with Gasteiger partial charge in [0.15, 0.2) is 0 Å². The number of hydrogen-bond donors (Lipinski definition) is 0. The topological polar surface area (TPSA) is 31.2 Å². The normalized spacial score (nSPS) is 10.7. The third-order valence-corrected chi connectivity index (χ3v) is 3.31. The van der Waals surface area contributed by atoms with Crippen molar-refractivity contribution in [2.45, 2.75) is 19.9 Å². The lowest BCUT2D eigenvalue weighted by molar-refractivity contribution is -0.143. The Morgan fingerprint density at radius 2 is 2.24 bits per heavy atom. The summed E-state index contributed by atoms with van der Waals surface area (Å²) in [5, 5.41) is 1.16. The van der Waals surface area contributed by atoms with Gasteiger partial charge in [0.25, 0.3) is 0 Å². The molecule has 0 aliphatic rings. The summed E-state index contributed by atoms with van der Waals surface area (Å²) < 4.78 is 8.05. The van der Waals surface area contributed by atoms with Crippen LogP contribution in [0.3, 0.4) is 0 Å². The fraction of sp³-hybridized carbons (Fsp3) is 0.308. The molecule has 2 aromatic rings. The molecular formula is C13H14BrNO2. The summed E-state index contributed by atoms with van der Waals surface area (Å²) in [4.78, 5) is 11.3. The summed E-state index contributed by atoms with van der Waals surface area (Å²) in [5.41, 5.74) is 1.13. The summed E-state index contributed by atoms with van der Waals surface area (Å²) in [6.45, 7) is 2.91. The molecule has 1 aromatic heterocycles. The van der Waals surface area contributed by atoms with Crippen molar-refractivity contribution in [1.82, 2.24) is 4.57 Å². The van der Waals surface area contributed by atoms with Crippen LogP contribution in [0.25, 0.3) is 10.9 Å². The van der Waals surface area contributed by atoms with Gasteiger partial charge in [0, 0.05) is 28.1 Å². The molecule has 0 aliphatic carbocycles. The minimum absolute atomic E-state index is 0.149. The molecule has 4 heteroatoms. The molecular weight excluding hydrogens is 282 g/mol. The fourth-order valence-electron chi connectivity index (χ4n) is 1.83. The number of esters is 1. The zero-order valence-electron chi connectivity index (χ0n) is 9.65. The van der Waals surface area contributed by atoms with Gasteiger partial charge in [-0.3, -0.25) is 4.79 Å². The summed E-state index contributed by atoms with van der Waals surface area (Å²) in [6, 6.07) is 8.10. The van der Waals surface area contributed by atoms with Crippen LogP contribution >= 0.6 is 15.9 Å². The van der Waals surface area contributed by atoms with Crippen LogP contribution in [0.15, 0.2) is 34.9 Å². The van der Waals surface area contributed by atoms with Crippen molar-refractivity contribution in [3.8, 4) is 0 Å². The minimum Gasteiger partial charge on any atom is -0.466 e. The second-order valence-corrected chi connectivity index (χ2v) is 4.59. The van der Waals surface area contributed by atoms with Gasteiger partial charge in [-0.05, 0) is 25.1 Å². The van der Waals surface area contributed by atoms with Gasteiger partial charge in [0.2, 0.25) is 0 Å². The van der Waals surface area contributed by atoms with E-state index in [-0.39, 0.29) is 5.97 Å². The molecule has 0 radical (unpaired) electrons. The van der Waals surface area contributed by atoms with Crippen LogP contribution in [0.4, 0.5) is 0 Å². The van der Waals surface area contributed by atoms with Crippen LogP contribution in [-0.4, -0.2) is 17.1 Å². The van der Waals surface area contributed by atoms with Crippen molar-refractivity contribution in [2.24, 2.45) is 0 Å². The SMILES string of the molecule is CCOC(=O)CCn1ccc2c(Br)cccc21. The second kappa shape index (κ2) is 5.36. The summed E-state index contributed by atoms with van der Waals surface area (Å²) in [7, 11) is 0. The average molecular weight is 296 g/mol. The minimum atomic E-state index is -0.149. The highest BCUT2D eigenvalue weighted by atomic mass is 79.9. The molecule has 0 N–H and O–H groups in total. The second-order valence-electron chi connectivity index (χ2n) is 3.74. The maximum absolute atomic E-state index is 11.3. The molecule has 90 valence electrons. The molecule has 1 aromatic carbocycles. The van der Waals surface area contributed by atoms with E-state index in [2.05, 4.69) is 20.5 Å². The van der Waals surface area contributed by atoms with E-state index in [4.69, 9.17) is 4.74 Å². The van der Waals surface area contributed by atoms with Gasteiger partial charge in [0.1, 0.15) is 0 Å². The standard InChI is InChI=1S/C13H14BrNO2/c1-2-17-13(16)7-9-15-8-6-10-11(14)4-3-5-12(10)15/h3-6,8H,2,7,9H2,1H3. The van der Waals surface area contributed by atoms with E-state index in [1.165, 1.54) is 0 Å². The van der Waals surface area contributed by atoms with Gasteiger partial charge in [-0.2, -0.15) is 0 Å². The van der Waals surface area contributed by atoms with Crippen molar-refractivity contribution < 1.29 is 9.53 Å². The lowest BCUT2D eigenvalue weighted by atomic mass is 10.2. The first-order valence-electron chi connectivity index (χ1n) is 5.61. The number of benzene rings is 1. The first-order valence-corrected chi connectivity index (χ1v) is 6.40. The van der Waals surface area contributed by atoms with Gasteiger partial charge in [-0.1, -0.05) is 22.0 Å². The number of halogens is 1.